The van der Waals surface area contributed by atoms with E-state index in [1.54, 1.807) is 25.7 Å². The molecule has 0 radical (unpaired) electrons. The van der Waals surface area contributed by atoms with E-state index < -0.39 is 23.8 Å². The van der Waals surface area contributed by atoms with Crippen LogP contribution in [0.1, 0.15) is 75.8 Å². The number of nitrogens with zero attached hydrogens (tertiary/aromatic N) is 1. The summed E-state index contributed by atoms with van der Waals surface area (Å²) in [6.45, 7) is 14.0. The summed E-state index contributed by atoms with van der Waals surface area (Å²) in [5.41, 5.74) is 2.96. The molecule has 0 heterocycles. The fourth-order valence-corrected chi connectivity index (χ4v) is 4.17. The molecule has 0 saturated heterocycles. The van der Waals surface area contributed by atoms with Gasteiger partial charge in [-0.2, -0.15) is 0 Å². The second-order valence-corrected chi connectivity index (χ2v) is 10.3. The van der Waals surface area contributed by atoms with Gasteiger partial charge in [0, 0.05) is 19.5 Å². The number of unbranched alkanes of at least 4 members (excludes halogenated alkanes) is 1. The van der Waals surface area contributed by atoms with E-state index in [2.05, 4.69) is 17.6 Å². The quantitative estimate of drug-likeness (QED) is 0.405. The largest absolute Gasteiger partial charge is 0.444 e. The van der Waals surface area contributed by atoms with Crippen LogP contribution in [0.25, 0.3) is 0 Å². The number of carbonyl (C=O) groups is 3. The molecule has 0 aliphatic carbocycles. The zero-order valence-electron chi connectivity index (χ0n) is 23.4. The number of amides is 3. The highest BCUT2D eigenvalue weighted by molar-refractivity contribution is 5.92. The topological polar surface area (TPSA) is 87.7 Å². The van der Waals surface area contributed by atoms with Crippen molar-refractivity contribution in [2.24, 2.45) is 0 Å². The number of benzene rings is 2. The lowest BCUT2D eigenvalue weighted by Gasteiger charge is -2.34. The first-order valence-electron chi connectivity index (χ1n) is 13.2. The Morgan fingerprint density at radius 3 is 2.24 bits per heavy atom. The Balaban J connectivity index is 2.48. The van der Waals surface area contributed by atoms with Crippen molar-refractivity contribution in [1.82, 2.24) is 15.5 Å². The van der Waals surface area contributed by atoms with E-state index >= 15 is 0 Å². The summed E-state index contributed by atoms with van der Waals surface area (Å²) >= 11 is 0. The van der Waals surface area contributed by atoms with Crippen LogP contribution in [0.2, 0.25) is 0 Å². The third-order valence-electron chi connectivity index (χ3n) is 6.23. The van der Waals surface area contributed by atoms with Crippen LogP contribution >= 0.6 is 0 Å². The summed E-state index contributed by atoms with van der Waals surface area (Å²) in [6.07, 6.45) is 1.40. The van der Waals surface area contributed by atoms with E-state index in [4.69, 9.17) is 4.74 Å². The Labute approximate surface area is 222 Å². The first-order valence-corrected chi connectivity index (χ1v) is 13.2. The van der Waals surface area contributed by atoms with Crippen LogP contribution in [0.3, 0.4) is 0 Å². The smallest absolute Gasteiger partial charge is 0.408 e. The Hall–Kier alpha value is -3.35. The minimum Gasteiger partial charge on any atom is -0.444 e. The molecule has 2 atom stereocenters. The van der Waals surface area contributed by atoms with Crippen LogP contribution in [-0.4, -0.2) is 47.5 Å². The lowest BCUT2D eigenvalue weighted by molar-refractivity contribution is -0.142. The predicted octanol–water partition coefficient (Wildman–Crippen LogP) is 5.25. The molecule has 7 heteroatoms. The Morgan fingerprint density at radius 1 is 0.973 bits per heavy atom. The SMILES string of the molecule is CCCCNC(=O)C(c1cccc(C)c1C)N(CC)C(=O)C(Cc1ccccc1)NC(=O)OC(C)(C)C. The molecule has 0 saturated carbocycles. The van der Waals surface area contributed by atoms with Gasteiger partial charge in [0.05, 0.1) is 0 Å². The molecule has 37 heavy (non-hydrogen) atoms. The fourth-order valence-electron chi connectivity index (χ4n) is 4.17. The number of nitrogens with one attached hydrogen (secondary N) is 2. The van der Waals surface area contributed by atoms with Crippen molar-refractivity contribution < 1.29 is 19.1 Å². The van der Waals surface area contributed by atoms with E-state index in [1.807, 2.05) is 69.3 Å². The third-order valence-corrected chi connectivity index (χ3v) is 6.23. The maximum absolute atomic E-state index is 14.1. The van der Waals surface area contributed by atoms with Crippen LogP contribution in [0.4, 0.5) is 4.79 Å². The fraction of sp³-hybridized carbons (Fsp3) is 0.500. The van der Waals surface area contributed by atoms with E-state index in [9.17, 15) is 14.4 Å². The van der Waals surface area contributed by atoms with Gasteiger partial charge in [0.25, 0.3) is 0 Å². The number of hydrogen-bond acceptors (Lipinski definition) is 4. The van der Waals surface area contributed by atoms with E-state index in [-0.39, 0.29) is 18.2 Å². The number of likely N-dealkylation sites (N-methyl/N-ethyl adjacent to an activating group) is 1. The first-order chi connectivity index (χ1) is 17.5. The second kappa shape index (κ2) is 13.8. The molecular formula is C30H43N3O4. The predicted molar refractivity (Wildman–Crippen MR) is 147 cm³/mol. The Kier molecular flexibility index (Phi) is 11.2. The van der Waals surface area contributed by atoms with Gasteiger partial charge in [-0.15, -0.1) is 0 Å². The standard InChI is InChI=1S/C30H43N3O4/c1-8-10-19-31-27(34)26(24-18-14-15-21(3)22(24)4)33(9-2)28(35)25(20-23-16-12-11-13-17-23)32-29(36)37-30(5,6)7/h11-18,25-26H,8-10,19-20H2,1-7H3,(H,31,34)(H,32,36). The van der Waals surface area contributed by atoms with E-state index in [1.165, 1.54) is 0 Å². The van der Waals surface area contributed by atoms with Crippen molar-refractivity contribution in [2.45, 2.75) is 85.4 Å². The molecule has 0 bridgehead atoms. The lowest BCUT2D eigenvalue weighted by atomic mass is 9.94. The average molecular weight is 510 g/mol. The zero-order chi connectivity index (χ0) is 27.6. The molecule has 7 nitrogen and oxygen atoms in total. The van der Waals surface area contributed by atoms with Crippen LogP contribution in [0, 0.1) is 13.8 Å². The van der Waals surface area contributed by atoms with Gasteiger partial charge in [0.1, 0.15) is 17.7 Å². The maximum Gasteiger partial charge on any atom is 0.408 e. The first kappa shape index (κ1) is 29.9. The molecule has 202 valence electrons. The average Bonchev–Trinajstić information content (AvgIpc) is 2.83. The molecule has 3 amide bonds. The molecule has 2 unspecified atom stereocenters. The van der Waals surface area contributed by atoms with Crippen LogP contribution < -0.4 is 10.6 Å². The molecule has 2 aromatic carbocycles. The van der Waals surface area contributed by atoms with E-state index in [0.717, 1.165) is 35.1 Å². The lowest BCUT2D eigenvalue weighted by Crippen LogP contribution is -2.54. The number of rotatable bonds is 11. The Bertz CT molecular complexity index is 1050. The number of aryl methyl sites for hydroxylation is 1. The zero-order valence-corrected chi connectivity index (χ0v) is 23.4. The summed E-state index contributed by atoms with van der Waals surface area (Å²) in [6, 6.07) is 13.6. The van der Waals surface area contributed by atoms with Gasteiger partial charge in [0.15, 0.2) is 0 Å². The van der Waals surface area contributed by atoms with Gasteiger partial charge in [-0.3, -0.25) is 9.59 Å². The molecule has 0 aliphatic rings. The van der Waals surface area contributed by atoms with Crippen molar-refractivity contribution in [3.8, 4) is 0 Å². The van der Waals surface area contributed by atoms with Crippen molar-refractivity contribution in [3.63, 3.8) is 0 Å². The van der Waals surface area contributed by atoms with Gasteiger partial charge >= 0.3 is 6.09 Å². The summed E-state index contributed by atoms with van der Waals surface area (Å²) in [5.74, 6) is -0.568. The molecular weight excluding hydrogens is 466 g/mol. The van der Waals surface area contributed by atoms with Gasteiger partial charge in [-0.05, 0) is 70.2 Å². The number of ether oxygens (including phenoxy) is 1. The minimum absolute atomic E-state index is 0.229. The highest BCUT2D eigenvalue weighted by Gasteiger charge is 2.36. The van der Waals surface area contributed by atoms with Gasteiger partial charge in [0.2, 0.25) is 11.8 Å². The second-order valence-electron chi connectivity index (χ2n) is 10.3. The Morgan fingerprint density at radius 2 is 1.65 bits per heavy atom. The third kappa shape index (κ3) is 8.92. The van der Waals surface area contributed by atoms with Crippen molar-refractivity contribution >= 4 is 17.9 Å². The van der Waals surface area contributed by atoms with Gasteiger partial charge in [-0.1, -0.05) is 61.9 Å². The number of carbonyl (C=O) groups excluding carboxylic acids is 3. The van der Waals surface area contributed by atoms with E-state index in [0.29, 0.717) is 13.1 Å². The summed E-state index contributed by atoms with van der Waals surface area (Å²) in [7, 11) is 0. The van der Waals surface area contributed by atoms with Crippen molar-refractivity contribution in [2.75, 3.05) is 13.1 Å². The number of alkyl carbamates (subject to hydrolysis) is 1. The van der Waals surface area contributed by atoms with Crippen molar-refractivity contribution in [3.05, 3.63) is 70.8 Å². The highest BCUT2D eigenvalue weighted by atomic mass is 16.6. The number of hydrogen-bond donors (Lipinski definition) is 2. The molecule has 2 aromatic rings. The maximum atomic E-state index is 14.1. The van der Waals surface area contributed by atoms with Crippen LogP contribution in [0.5, 0.6) is 0 Å². The summed E-state index contributed by atoms with van der Waals surface area (Å²) in [5, 5.41) is 5.79. The van der Waals surface area contributed by atoms with Crippen LogP contribution in [-0.2, 0) is 20.7 Å². The summed E-state index contributed by atoms with van der Waals surface area (Å²) < 4.78 is 5.46. The molecule has 0 spiro atoms. The minimum atomic E-state index is -0.909. The van der Waals surface area contributed by atoms with Crippen molar-refractivity contribution in [1.29, 1.82) is 0 Å². The molecule has 0 aromatic heterocycles. The molecule has 2 N–H and O–H groups in total. The van der Waals surface area contributed by atoms with Gasteiger partial charge in [-0.25, -0.2) is 4.79 Å². The van der Waals surface area contributed by atoms with Gasteiger partial charge < -0.3 is 20.3 Å². The molecule has 2 rings (SSSR count). The normalized spacial score (nSPS) is 12.8. The van der Waals surface area contributed by atoms with Crippen LogP contribution in [0.15, 0.2) is 48.5 Å². The molecule has 0 aliphatic heterocycles. The monoisotopic (exact) mass is 509 g/mol. The molecule has 0 fully saturated rings. The highest BCUT2D eigenvalue weighted by Crippen LogP contribution is 2.27. The summed E-state index contributed by atoms with van der Waals surface area (Å²) in [4.78, 5) is 42.0.